The molecule has 0 atom stereocenters. The number of rotatable bonds is 2. The molecule has 0 fully saturated rings. The largest absolute Gasteiger partial charge is 0.395 e. The number of nitrogen functional groups attached to an aromatic ring is 1. The molecule has 0 bridgehead atoms. The van der Waals surface area contributed by atoms with Crippen molar-refractivity contribution in [2.24, 2.45) is 7.05 Å². The maximum absolute atomic E-state index is 6.05. The van der Waals surface area contributed by atoms with Gasteiger partial charge in [-0.15, -0.1) is 0 Å². The Hall–Kier alpha value is -1.42. The van der Waals surface area contributed by atoms with E-state index in [-0.39, 0.29) is 5.41 Å². The smallest absolute Gasteiger partial charge is 0.122 e. The van der Waals surface area contributed by atoms with Gasteiger partial charge in [-0.05, 0) is 30.0 Å². The number of anilines is 1. The summed E-state index contributed by atoms with van der Waals surface area (Å²) in [4.78, 5) is 1.18. The van der Waals surface area contributed by atoms with Crippen LogP contribution in [0.2, 0.25) is 0 Å². The van der Waals surface area contributed by atoms with Gasteiger partial charge < -0.3 is 5.73 Å². The lowest BCUT2D eigenvalue weighted by Crippen LogP contribution is -2.10. The molecule has 3 nitrogen and oxygen atoms in total. The molecule has 0 unspecified atom stereocenters. The Kier molecular flexibility index (Phi) is 3.63. The van der Waals surface area contributed by atoms with Crippen LogP contribution in [0.3, 0.4) is 0 Å². The van der Waals surface area contributed by atoms with Crippen LogP contribution in [-0.2, 0) is 12.5 Å². The Morgan fingerprint density at radius 2 is 1.74 bits per heavy atom. The number of aromatic nitrogens is 2. The van der Waals surface area contributed by atoms with Gasteiger partial charge in [0.2, 0.25) is 0 Å². The second-order valence-electron chi connectivity index (χ2n) is 5.80. The zero-order chi connectivity index (χ0) is 14.2. The maximum Gasteiger partial charge on any atom is 0.122 e. The fourth-order valence-electron chi connectivity index (χ4n) is 1.91. The van der Waals surface area contributed by atoms with E-state index in [9.17, 15) is 0 Å². The van der Waals surface area contributed by atoms with Crippen molar-refractivity contribution in [2.45, 2.75) is 43.0 Å². The van der Waals surface area contributed by atoms with Gasteiger partial charge in [0.15, 0.2) is 0 Å². The molecule has 0 aliphatic heterocycles. The van der Waals surface area contributed by atoms with Crippen molar-refractivity contribution >= 4 is 17.4 Å². The van der Waals surface area contributed by atoms with Crippen LogP contribution < -0.4 is 5.73 Å². The molecule has 0 spiro atoms. The fourth-order valence-corrected chi connectivity index (χ4v) is 2.84. The first-order valence-corrected chi connectivity index (χ1v) is 7.18. The van der Waals surface area contributed by atoms with Crippen molar-refractivity contribution in [1.29, 1.82) is 0 Å². The lowest BCUT2D eigenvalue weighted by Gasteiger charge is -2.19. The van der Waals surface area contributed by atoms with Crippen molar-refractivity contribution in [1.82, 2.24) is 9.78 Å². The van der Waals surface area contributed by atoms with Crippen molar-refractivity contribution in [2.75, 3.05) is 5.73 Å². The number of hydrogen-bond acceptors (Lipinski definition) is 3. The number of benzene rings is 1. The molecule has 0 saturated heterocycles. The van der Waals surface area contributed by atoms with Gasteiger partial charge in [-0.25, -0.2) is 0 Å². The van der Waals surface area contributed by atoms with Crippen LogP contribution in [0.15, 0.2) is 34.2 Å². The summed E-state index contributed by atoms with van der Waals surface area (Å²) in [5.41, 5.74) is 9.23. The summed E-state index contributed by atoms with van der Waals surface area (Å²) in [5.74, 6) is 0. The van der Waals surface area contributed by atoms with E-state index < -0.39 is 0 Å². The summed E-state index contributed by atoms with van der Waals surface area (Å²) >= 11 is 1.66. The van der Waals surface area contributed by atoms with Gasteiger partial charge in [0.05, 0.1) is 11.4 Å². The highest BCUT2D eigenvalue weighted by Crippen LogP contribution is 2.34. The topological polar surface area (TPSA) is 43.8 Å². The maximum atomic E-state index is 6.05. The van der Waals surface area contributed by atoms with E-state index in [2.05, 4.69) is 50.1 Å². The van der Waals surface area contributed by atoms with Gasteiger partial charge in [0.25, 0.3) is 0 Å². The minimum absolute atomic E-state index is 0.186. The van der Waals surface area contributed by atoms with E-state index in [0.717, 1.165) is 16.4 Å². The Bertz CT molecular complexity index is 577. The van der Waals surface area contributed by atoms with Crippen LogP contribution in [-0.4, -0.2) is 9.78 Å². The van der Waals surface area contributed by atoms with E-state index in [1.165, 1.54) is 10.5 Å². The molecule has 0 saturated carbocycles. The Morgan fingerprint density at radius 1 is 1.16 bits per heavy atom. The predicted molar refractivity (Wildman–Crippen MR) is 81.6 cm³/mol. The van der Waals surface area contributed by atoms with Crippen LogP contribution in [0.5, 0.6) is 0 Å². The van der Waals surface area contributed by atoms with Crippen molar-refractivity contribution in [3.63, 3.8) is 0 Å². The normalized spacial score (nSPS) is 11.8. The summed E-state index contributed by atoms with van der Waals surface area (Å²) in [6.45, 7) is 8.59. The first-order chi connectivity index (χ1) is 8.79. The molecule has 2 N–H and O–H groups in total. The minimum atomic E-state index is 0.186. The number of aryl methyl sites for hydroxylation is 2. The lowest BCUT2D eigenvalue weighted by molar-refractivity contribution is 0.589. The zero-order valence-electron chi connectivity index (χ0n) is 12.2. The molecule has 4 heteroatoms. The molecule has 0 aliphatic rings. The highest BCUT2D eigenvalue weighted by atomic mass is 32.2. The second-order valence-corrected chi connectivity index (χ2v) is 6.87. The van der Waals surface area contributed by atoms with Gasteiger partial charge in [-0.3, -0.25) is 4.68 Å². The van der Waals surface area contributed by atoms with Crippen LogP contribution in [0, 0.1) is 6.92 Å². The highest BCUT2D eigenvalue weighted by Gasteiger charge is 2.14. The van der Waals surface area contributed by atoms with Crippen molar-refractivity contribution in [3.05, 3.63) is 35.5 Å². The zero-order valence-corrected chi connectivity index (χ0v) is 13.0. The quantitative estimate of drug-likeness (QED) is 0.907. The van der Waals surface area contributed by atoms with Gasteiger partial charge in [-0.1, -0.05) is 44.7 Å². The summed E-state index contributed by atoms with van der Waals surface area (Å²) in [6.07, 6.45) is 0. The SMILES string of the molecule is Cc1nn(C)c(Sc2ccc(C(C)(C)C)cc2)c1N. The molecule has 2 aromatic rings. The lowest BCUT2D eigenvalue weighted by atomic mass is 9.87. The molecule has 1 aromatic heterocycles. The Labute approximate surface area is 119 Å². The molecule has 0 amide bonds. The summed E-state index contributed by atoms with van der Waals surface area (Å²) in [5, 5.41) is 5.34. The fraction of sp³-hybridized carbons (Fsp3) is 0.400. The molecule has 1 heterocycles. The first kappa shape index (κ1) is 14.0. The predicted octanol–water partition coefficient (Wildman–Crippen LogP) is 3.76. The second kappa shape index (κ2) is 4.93. The third-order valence-corrected chi connectivity index (χ3v) is 4.33. The van der Waals surface area contributed by atoms with E-state index in [1.54, 1.807) is 11.8 Å². The van der Waals surface area contributed by atoms with Gasteiger partial charge in [-0.2, -0.15) is 5.10 Å². The molecule has 19 heavy (non-hydrogen) atoms. The highest BCUT2D eigenvalue weighted by molar-refractivity contribution is 7.99. The third-order valence-electron chi connectivity index (χ3n) is 3.15. The van der Waals surface area contributed by atoms with E-state index in [4.69, 9.17) is 5.73 Å². The first-order valence-electron chi connectivity index (χ1n) is 6.36. The molecular weight excluding hydrogens is 254 g/mol. The van der Waals surface area contributed by atoms with E-state index in [0.29, 0.717) is 0 Å². The van der Waals surface area contributed by atoms with E-state index in [1.807, 2.05) is 18.7 Å². The van der Waals surface area contributed by atoms with Crippen molar-refractivity contribution in [3.8, 4) is 0 Å². The third kappa shape index (κ3) is 2.95. The van der Waals surface area contributed by atoms with Crippen LogP contribution in [0.1, 0.15) is 32.0 Å². The average Bonchev–Trinajstić information content (AvgIpc) is 2.56. The van der Waals surface area contributed by atoms with Crippen LogP contribution >= 0.6 is 11.8 Å². The molecular formula is C15H21N3S. The molecule has 0 aliphatic carbocycles. The van der Waals surface area contributed by atoms with Gasteiger partial charge in [0.1, 0.15) is 5.03 Å². The molecule has 102 valence electrons. The summed E-state index contributed by atoms with van der Waals surface area (Å²) < 4.78 is 1.84. The molecule has 2 rings (SSSR count). The minimum Gasteiger partial charge on any atom is -0.395 e. The molecule has 1 aromatic carbocycles. The number of hydrogen-bond donors (Lipinski definition) is 1. The number of nitrogens with zero attached hydrogens (tertiary/aromatic N) is 2. The average molecular weight is 275 g/mol. The number of nitrogens with two attached hydrogens (primary N) is 1. The Morgan fingerprint density at radius 3 is 2.16 bits per heavy atom. The van der Waals surface area contributed by atoms with Crippen molar-refractivity contribution < 1.29 is 0 Å². The van der Waals surface area contributed by atoms with E-state index >= 15 is 0 Å². The molecule has 0 radical (unpaired) electrons. The Balaban J connectivity index is 2.25. The monoisotopic (exact) mass is 275 g/mol. The summed E-state index contributed by atoms with van der Waals surface area (Å²) in [6, 6.07) is 8.66. The van der Waals surface area contributed by atoms with Crippen LogP contribution in [0.4, 0.5) is 5.69 Å². The standard InChI is InChI=1S/C15H21N3S/c1-10-13(16)14(18(5)17-10)19-12-8-6-11(7-9-12)15(2,3)4/h6-9H,16H2,1-5H3. The summed E-state index contributed by atoms with van der Waals surface area (Å²) in [7, 11) is 1.93. The van der Waals surface area contributed by atoms with Gasteiger partial charge in [0, 0.05) is 11.9 Å². The van der Waals surface area contributed by atoms with Gasteiger partial charge >= 0.3 is 0 Å². The van der Waals surface area contributed by atoms with Crippen LogP contribution in [0.25, 0.3) is 0 Å².